The summed E-state index contributed by atoms with van der Waals surface area (Å²) in [6.45, 7) is 1.40. The quantitative estimate of drug-likeness (QED) is 0.549. The first kappa shape index (κ1) is 16.0. The van der Waals surface area contributed by atoms with E-state index in [2.05, 4.69) is 43.8 Å². The van der Waals surface area contributed by atoms with Gasteiger partial charge in [-0.15, -0.1) is 0 Å². The van der Waals surface area contributed by atoms with Gasteiger partial charge in [-0.1, -0.05) is 12.1 Å². The molecule has 0 bridgehead atoms. The summed E-state index contributed by atoms with van der Waals surface area (Å²) in [6, 6.07) is 20.2. The number of nitrogens with one attached hydrogen (secondary N) is 2. The summed E-state index contributed by atoms with van der Waals surface area (Å²) in [5, 5.41) is 7.84. The number of pyridine rings is 3. The minimum atomic E-state index is 0.657. The molecule has 0 radical (unpaired) electrons. The molecule has 3 aromatic heterocycles. The molecule has 0 saturated carbocycles. The molecule has 0 spiro atoms. The minimum absolute atomic E-state index is 0.657. The van der Waals surface area contributed by atoms with E-state index < -0.39 is 0 Å². The molecule has 0 unspecified atom stereocenters. The van der Waals surface area contributed by atoms with E-state index in [-0.39, 0.29) is 0 Å². The molecule has 2 N–H and O–H groups in total. The van der Waals surface area contributed by atoms with Gasteiger partial charge in [0, 0.05) is 36.2 Å². The molecule has 0 saturated heterocycles. The lowest BCUT2D eigenvalue weighted by atomic mass is 10.2. The third-order valence-corrected chi connectivity index (χ3v) is 4.09. The third-order valence-electron chi connectivity index (χ3n) is 4.09. The van der Waals surface area contributed by atoms with E-state index in [4.69, 9.17) is 0 Å². The molecule has 0 aliphatic rings. The van der Waals surface area contributed by atoms with E-state index >= 15 is 0 Å². The van der Waals surface area contributed by atoms with Gasteiger partial charge in [-0.25, -0.2) is 4.98 Å². The van der Waals surface area contributed by atoms with Gasteiger partial charge < -0.3 is 10.6 Å². The Bertz CT molecular complexity index is 904. The molecule has 5 heteroatoms. The average molecular weight is 341 g/mol. The zero-order chi connectivity index (χ0) is 17.6. The average Bonchev–Trinajstić information content (AvgIpc) is 2.72. The highest BCUT2D eigenvalue weighted by molar-refractivity contribution is 5.83. The summed E-state index contributed by atoms with van der Waals surface area (Å²) < 4.78 is 0. The molecule has 0 atom stereocenters. The van der Waals surface area contributed by atoms with Gasteiger partial charge in [-0.05, 0) is 54.1 Å². The van der Waals surface area contributed by atoms with E-state index in [0.717, 1.165) is 40.2 Å². The maximum absolute atomic E-state index is 4.67. The maximum Gasteiger partial charge on any atom is 0.126 e. The molecule has 0 amide bonds. The van der Waals surface area contributed by atoms with Gasteiger partial charge in [0.05, 0.1) is 17.8 Å². The second-order valence-corrected chi connectivity index (χ2v) is 5.99. The van der Waals surface area contributed by atoms with Crippen LogP contribution < -0.4 is 10.6 Å². The topological polar surface area (TPSA) is 62.7 Å². The van der Waals surface area contributed by atoms with Crippen LogP contribution >= 0.6 is 0 Å². The van der Waals surface area contributed by atoms with Crippen LogP contribution in [0.25, 0.3) is 10.9 Å². The molecule has 3 heterocycles. The van der Waals surface area contributed by atoms with Crippen molar-refractivity contribution in [2.45, 2.75) is 13.1 Å². The summed E-state index contributed by atoms with van der Waals surface area (Å²) in [5.74, 6) is 0.847. The van der Waals surface area contributed by atoms with E-state index in [1.807, 2.05) is 48.7 Å². The summed E-state index contributed by atoms with van der Waals surface area (Å²) in [4.78, 5) is 13.1. The molecule has 5 nitrogen and oxygen atoms in total. The molecule has 0 fully saturated rings. The molecule has 128 valence electrons. The first-order chi connectivity index (χ1) is 12.9. The van der Waals surface area contributed by atoms with Gasteiger partial charge in [-0.3, -0.25) is 9.97 Å². The fourth-order valence-corrected chi connectivity index (χ4v) is 2.72. The van der Waals surface area contributed by atoms with Gasteiger partial charge in [0.15, 0.2) is 0 Å². The third kappa shape index (κ3) is 3.95. The van der Waals surface area contributed by atoms with Crippen LogP contribution in [0.1, 0.15) is 11.3 Å². The summed E-state index contributed by atoms with van der Waals surface area (Å²) in [5.41, 5.74) is 4.17. The first-order valence-corrected chi connectivity index (χ1v) is 8.54. The Kier molecular flexibility index (Phi) is 4.69. The Labute approximate surface area is 152 Å². The maximum atomic E-state index is 4.67. The van der Waals surface area contributed by atoms with E-state index in [9.17, 15) is 0 Å². The number of aromatic nitrogens is 3. The molecule has 26 heavy (non-hydrogen) atoms. The first-order valence-electron chi connectivity index (χ1n) is 8.54. The number of hydrogen-bond acceptors (Lipinski definition) is 5. The van der Waals surface area contributed by atoms with Gasteiger partial charge >= 0.3 is 0 Å². The van der Waals surface area contributed by atoms with Gasteiger partial charge in [0.2, 0.25) is 0 Å². The van der Waals surface area contributed by atoms with Crippen LogP contribution in [0.5, 0.6) is 0 Å². The zero-order valence-electron chi connectivity index (χ0n) is 14.3. The van der Waals surface area contributed by atoms with Crippen LogP contribution in [0.4, 0.5) is 11.5 Å². The standard InChI is InChI=1S/C21H19N5/c1-2-11-23-19(5-1)15-25-21-9-6-17-12-18(7-8-20(17)26-21)24-14-16-4-3-10-22-13-16/h1-13,24H,14-15H2,(H,25,26). The number of nitrogens with zero attached hydrogens (tertiary/aromatic N) is 3. The van der Waals surface area contributed by atoms with Gasteiger partial charge in [-0.2, -0.15) is 0 Å². The predicted molar refractivity (Wildman–Crippen MR) is 105 cm³/mol. The number of rotatable bonds is 6. The molecule has 4 aromatic rings. The van der Waals surface area contributed by atoms with Gasteiger partial charge in [0.1, 0.15) is 5.82 Å². The molecule has 1 aromatic carbocycles. The molecular weight excluding hydrogens is 322 g/mol. The molecule has 0 aliphatic heterocycles. The normalized spacial score (nSPS) is 10.6. The van der Waals surface area contributed by atoms with Crippen LogP contribution in [0.2, 0.25) is 0 Å². The van der Waals surface area contributed by atoms with Crippen molar-refractivity contribution in [1.82, 2.24) is 15.0 Å². The SMILES string of the molecule is c1ccc(CNc2ccc3cc(NCc4cccnc4)ccc3n2)nc1. The van der Waals surface area contributed by atoms with Crippen molar-refractivity contribution in [2.75, 3.05) is 10.6 Å². The molecule has 4 rings (SSSR count). The smallest absolute Gasteiger partial charge is 0.126 e. The summed E-state index contributed by atoms with van der Waals surface area (Å²) >= 11 is 0. The van der Waals surface area contributed by atoms with E-state index in [1.165, 1.54) is 0 Å². The van der Waals surface area contributed by atoms with E-state index in [1.54, 1.807) is 12.4 Å². The van der Waals surface area contributed by atoms with Crippen molar-refractivity contribution in [3.05, 3.63) is 90.5 Å². The number of fused-ring (bicyclic) bond motifs is 1. The van der Waals surface area contributed by atoms with Crippen molar-refractivity contribution >= 4 is 22.4 Å². The largest absolute Gasteiger partial charge is 0.381 e. The van der Waals surface area contributed by atoms with Crippen molar-refractivity contribution in [1.29, 1.82) is 0 Å². The fraction of sp³-hybridized carbons (Fsp3) is 0.0952. The Balaban J connectivity index is 1.44. The monoisotopic (exact) mass is 341 g/mol. The highest BCUT2D eigenvalue weighted by Crippen LogP contribution is 2.20. The Morgan fingerprint density at radius 1 is 0.808 bits per heavy atom. The molecule has 0 aliphatic carbocycles. The lowest BCUT2D eigenvalue weighted by Crippen LogP contribution is -2.03. The van der Waals surface area contributed by atoms with Crippen LogP contribution in [-0.2, 0) is 13.1 Å². The highest BCUT2D eigenvalue weighted by atomic mass is 15.0. The van der Waals surface area contributed by atoms with Crippen LogP contribution in [-0.4, -0.2) is 15.0 Å². The van der Waals surface area contributed by atoms with Crippen molar-refractivity contribution in [3.63, 3.8) is 0 Å². The lowest BCUT2D eigenvalue weighted by Gasteiger charge is -2.09. The van der Waals surface area contributed by atoms with E-state index in [0.29, 0.717) is 6.54 Å². The Morgan fingerprint density at radius 2 is 1.81 bits per heavy atom. The second kappa shape index (κ2) is 7.61. The second-order valence-electron chi connectivity index (χ2n) is 5.99. The van der Waals surface area contributed by atoms with Crippen molar-refractivity contribution in [2.24, 2.45) is 0 Å². The summed E-state index contributed by atoms with van der Waals surface area (Å²) in [6.07, 6.45) is 5.45. The van der Waals surface area contributed by atoms with Crippen molar-refractivity contribution < 1.29 is 0 Å². The summed E-state index contributed by atoms with van der Waals surface area (Å²) in [7, 11) is 0. The number of anilines is 2. The van der Waals surface area contributed by atoms with Gasteiger partial charge in [0.25, 0.3) is 0 Å². The van der Waals surface area contributed by atoms with Crippen LogP contribution in [0.3, 0.4) is 0 Å². The van der Waals surface area contributed by atoms with Crippen LogP contribution in [0.15, 0.2) is 79.3 Å². The number of hydrogen-bond donors (Lipinski definition) is 2. The highest BCUT2D eigenvalue weighted by Gasteiger charge is 2.01. The predicted octanol–water partition coefficient (Wildman–Crippen LogP) is 4.25. The van der Waals surface area contributed by atoms with Crippen LogP contribution in [0, 0.1) is 0 Å². The lowest BCUT2D eigenvalue weighted by molar-refractivity contribution is 1.03. The number of benzene rings is 1. The zero-order valence-corrected chi connectivity index (χ0v) is 14.3. The van der Waals surface area contributed by atoms with Crippen molar-refractivity contribution in [3.8, 4) is 0 Å². The minimum Gasteiger partial charge on any atom is -0.381 e. The Morgan fingerprint density at radius 3 is 2.65 bits per heavy atom. The molecular formula is C21H19N5. The fourth-order valence-electron chi connectivity index (χ4n) is 2.72. The Hall–Kier alpha value is -3.47.